The van der Waals surface area contributed by atoms with Crippen LogP contribution in [0.15, 0.2) is 18.2 Å². The molecule has 1 amide bonds. The van der Waals surface area contributed by atoms with Gasteiger partial charge in [0.2, 0.25) is 5.91 Å². The summed E-state index contributed by atoms with van der Waals surface area (Å²) in [5, 5.41) is 2.57. The maximum absolute atomic E-state index is 13.5. The van der Waals surface area contributed by atoms with Crippen LogP contribution in [-0.2, 0) is 4.79 Å². The summed E-state index contributed by atoms with van der Waals surface area (Å²) in [6.07, 6.45) is 1.18. The number of carbonyl (C=O) groups excluding carboxylic acids is 1. The molecule has 0 radical (unpaired) electrons. The van der Waals surface area contributed by atoms with Crippen molar-refractivity contribution < 1.29 is 9.18 Å². The van der Waals surface area contributed by atoms with Crippen molar-refractivity contribution in [1.82, 2.24) is 0 Å². The minimum Gasteiger partial charge on any atom is -0.330 e. The van der Waals surface area contributed by atoms with Gasteiger partial charge in [-0.15, -0.1) is 0 Å². The number of rotatable bonds is 5. The number of anilines is 1. The van der Waals surface area contributed by atoms with Crippen molar-refractivity contribution >= 4 is 11.6 Å². The molecule has 0 spiro atoms. The molecule has 1 aromatic carbocycles. The Morgan fingerprint density at radius 2 is 2.24 bits per heavy atom. The zero-order chi connectivity index (χ0) is 12.8. The monoisotopic (exact) mass is 238 g/mol. The van der Waals surface area contributed by atoms with Crippen LogP contribution in [0.5, 0.6) is 0 Å². The van der Waals surface area contributed by atoms with Gasteiger partial charge < -0.3 is 11.1 Å². The maximum Gasteiger partial charge on any atom is 0.224 e. The molecule has 3 nitrogen and oxygen atoms in total. The van der Waals surface area contributed by atoms with Gasteiger partial charge in [0, 0.05) is 6.42 Å². The lowest BCUT2D eigenvalue weighted by Gasteiger charge is -2.12. The average Bonchev–Trinajstić information content (AvgIpc) is 2.29. The highest BCUT2D eigenvalue weighted by molar-refractivity contribution is 5.91. The standard InChI is InChI=1S/C13H19FN2O/c1-3-10(8-15)7-13(17)16-12-5-4-9(2)6-11(12)14/h4-6,10H,3,7-8,15H2,1-2H3,(H,16,17). The summed E-state index contributed by atoms with van der Waals surface area (Å²) >= 11 is 0. The number of benzene rings is 1. The van der Waals surface area contributed by atoms with E-state index in [2.05, 4.69) is 5.32 Å². The number of nitrogens with two attached hydrogens (primary N) is 1. The third-order valence-corrected chi connectivity index (χ3v) is 2.78. The van der Waals surface area contributed by atoms with Crippen molar-refractivity contribution in [3.63, 3.8) is 0 Å². The van der Waals surface area contributed by atoms with Crippen LogP contribution < -0.4 is 11.1 Å². The number of amides is 1. The predicted octanol–water partition coefficient (Wildman–Crippen LogP) is 2.45. The van der Waals surface area contributed by atoms with Gasteiger partial charge >= 0.3 is 0 Å². The average molecular weight is 238 g/mol. The van der Waals surface area contributed by atoms with Crippen LogP contribution in [0.1, 0.15) is 25.3 Å². The van der Waals surface area contributed by atoms with Gasteiger partial charge in [0.15, 0.2) is 0 Å². The summed E-state index contributed by atoms with van der Waals surface area (Å²) in [6, 6.07) is 4.74. The number of nitrogens with one attached hydrogen (secondary N) is 1. The van der Waals surface area contributed by atoms with Gasteiger partial charge in [-0.1, -0.05) is 19.4 Å². The van der Waals surface area contributed by atoms with Crippen molar-refractivity contribution in [1.29, 1.82) is 0 Å². The molecule has 0 saturated carbocycles. The van der Waals surface area contributed by atoms with Gasteiger partial charge in [-0.3, -0.25) is 4.79 Å². The minimum atomic E-state index is -0.404. The Morgan fingerprint density at radius 3 is 2.76 bits per heavy atom. The van der Waals surface area contributed by atoms with Crippen LogP contribution in [-0.4, -0.2) is 12.5 Å². The van der Waals surface area contributed by atoms with E-state index in [1.54, 1.807) is 19.1 Å². The lowest BCUT2D eigenvalue weighted by molar-refractivity contribution is -0.117. The summed E-state index contributed by atoms with van der Waals surface area (Å²) in [5.74, 6) is -0.437. The van der Waals surface area contributed by atoms with Crippen LogP contribution >= 0.6 is 0 Å². The Hall–Kier alpha value is -1.42. The van der Waals surface area contributed by atoms with Crippen LogP contribution in [0.2, 0.25) is 0 Å². The summed E-state index contributed by atoms with van der Waals surface area (Å²) in [5.41, 5.74) is 6.58. The van der Waals surface area contributed by atoms with Gasteiger partial charge in [-0.25, -0.2) is 4.39 Å². The Bertz CT molecular complexity index is 389. The summed E-state index contributed by atoms with van der Waals surface area (Å²) in [7, 11) is 0. The number of carbonyl (C=O) groups is 1. The number of aryl methyl sites for hydroxylation is 1. The van der Waals surface area contributed by atoms with Crippen LogP contribution in [0.25, 0.3) is 0 Å². The first-order valence-corrected chi connectivity index (χ1v) is 5.82. The van der Waals surface area contributed by atoms with E-state index < -0.39 is 5.82 Å². The van der Waals surface area contributed by atoms with Gasteiger partial charge in [-0.05, 0) is 37.1 Å². The molecule has 1 unspecified atom stereocenters. The Labute approximate surface area is 101 Å². The molecule has 3 N–H and O–H groups in total. The topological polar surface area (TPSA) is 55.1 Å². The van der Waals surface area contributed by atoms with Crippen molar-refractivity contribution in [3.8, 4) is 0 Å². The molecule has 1 atom stereocenters. The molecule has 1 rings (SSSR count). The quantitative estimate of drug-likeness (QED) is 0.827. The van der Waals surface area contributed by atoms with Crippen molar-refractivity contribution in [2.45, 2.75) is 26.7 Å². The largest absolute Gasteiger partial charge is 0.330 e. The number of halogens is 1. The summed E-state index contributed by atoms with van der Waals surface area (Å²) in [6.45, 7) is 4.26. The molecule has 0 saturated heterocycles. The maximum atomic E-state index is 13.5. The van der Waals surface area contributed by atoms with E-state index in [-0.39, 0.29) is 17.5 Å². The first kappa shape index (κ1) is 13.6. The second-order valence-electron chi connectivity index (χ2n) is 4.25. The van der Waals surface area contributed by atoms with Gasteiger partial charge in [0.1, 0.15) is 5.82 Å². The molecule has 4 heteroatoms. The first-order valence-electron chi connectivity index (χ1n) is 5.82. The molecule has 0 aromatic heterocycles. The highest BCUT2D eigenvalue weighted by atomic mass is 19.1. The van der Waals surface area contributed by atoms with Crippen LogP contribution in [0.4, 0.5) is 10.1 Å². The molecular weight excluding hydrogens is 219 g/mol. The summed E-state index contributed by atoms with van der Waals surface area (Å²) in [4.78, 5) is 11.6. The molecule has 0 heterocycles. The zero-order valence-electron chi connectivity index (χ0n) is 10.3. The molecule has 0 aliphatic heterocycles. The van der Waals surface area contributed by atoms with E-state index in [1.807, 2.05) is 6.92 Å². The lowest BCUT2D eigenvalue weighted by Crippen LogP contribution is -2.22. The molecule has 0 aliphatic rings. The molecule has 0 bridgehead atoms. The Kier molecular flexibility index (Phi) is 5.10. The van der Waals surface area contributed by atoms with Gasteiger partial charge in [-0.2, -0.15) is 0 Å². The normalized spacial score (nSPS) is 12.2. The Morgan fingerprint density at radius 1 is 1.53 bits per heavy atom. The van der Waals surface area contributed by atoms with E-state index in [0.29, 0.717) is 13.0 Å². The van der Waals surface area contributed by atoms with E-state index in [4.69, 9.17) is 5.73 Å². The lowest BCUT2D eigenvalue weighted by atomic mass is 10.0. The molecule has 1 aromatic rings. The summed E-state index contributed by atoms with van der Waals surface area (Å²) < 4.78 is 13.5. The molecule has 17 heavy (non-hydrogen) atoms. The SMILES string of the molecule is CCC(CN)CC(=O)Nc1ccc(C)cc1F. The van der Waals surface area contributed by atoms with E-state index in [0.717, 1.165) is 12.0 Å². The fourth-order valence-electron chi connectivity index (χ4n) is 1.58. The predicted molar refractivity (Wildman–Crippen MR) is 67.2 cm³/mol. The number of hydrogen-bond donors (Lipinski definition) is 2. The van der Waals surface area contributed by atoms with Gasteiger partial charge in [0.25, 0.3) is 0 Å². The van der Waals surface area contributed by atoms with Crippen molar-refractivity contribution in [2.24, 2.45) is 11.7 Å². The zero-order valence-corrected chi connectivity index (χ0v) is 10.3. The van der Waals surface area contributed by atoms with Crippen LogP contribution in [0.3, 0.4) is 0 Å². The fraction of sp³-hybridized carbons (Fsp3) is 0.462. The van der Waals surface area contributed by atoms with E-state index >= 15 is 0 Å². The van der Waals surface area contributed by atoms with Crippen molar-refractivity contribution in [3.05, 3.63) is 29.6 Å². The minimum absolute atomic E-state index is 0.156. The molecule has 94 valence electrons. The molecule has 0 fully saturated rings. The van der Waals surface area contributed by atoms with Crippen LogP contribution in [0, 0.1) is 18.7 Å². The smallest absolute Gasteiger partial charge is 0.224 e. The fourth-order valence-corrected chi connectivity index (χ4v) is 1.58. The Balaban J connectivity index is 2.62. The second-order valence-corrected chi connectivity index (χ2v) is 4.25. The molecular formula is C13H19FN2O. The molecule has 0 aliphatic carbocycles. The van der Waals surface area contributed by atoms with Gasteiger partial charge in [0.05, 0.1) is 5.69 Å². The van der Waals surface area contributed by atoms with Crippen molar-refractivity contribution in [2.75, 3.05) is 11.9 Å². The second kappa shape index (κ2) is 6.35. The number of hydrogen-bond acceptors (Lipinski definition) is 2. The van der Waals surface area contributed by atoms with E-state index in [1.165, 1.54) is 6.07 Å². The highest BCUT2D eigenvalue weighted by Crippen LogP contribution is 2.16. The third-order valence-electron chi connectivity index (χ3n) is 2.78. The third kappa shape index (κ3) is 4.15. The van der Waals surface area contributed by atoms with E-state index in [9.17, 15) is 9.18 Å². The highest BCUT2D eigenvalue weighted by Gasteiger charge is 2.12. The first-order chi connectivity index (χ1) is 8.06.